The summed E-state index contributed by atoms with van der Waals surface area (Å²) >= 11 is 0. The lowest BCUT2D eigenvalue weighted by Gasteiger charge is -2.28. The summed E-state index contributed by atoms with van der Waals surface area (Å²) in [6.45, 7) is 9.39. The normalized spacial score (nSPS) is 32.9. The van der Waals surface area contributed by atoms with E-state index in [1.54, 1.807) is 0 Å². The summed E-state index contributed by atoms with van der Waals surface area (Å²) in [4.78, 5) is 25.0. The number of carbonyl (C=O) groups is 2. The molecule has 0 aromatic carbocycles. The summed E-state index contributed by atoms with van der Waals surface area (Å²) < 4.78 is 11.0. The number of rotatable bonds is 3. The Bertz CT molecular complexity index is 529. The summed E-state index contributed by atoms with van der Waals surface area (Å²) in [6, 6.07) is 0.0597. The van der Waals surface area contributed by atoms with Gasteiger partial charge in [-0.3, -0.25) is 9.59 Å². The number of hydrogen-bond acceptors (Lipinski definition) is 4. The Kier molecular flexibility index (Phi) is 3.08. The largest absolute Gasteiger partial charge is 0.460 e. The van der Waals surface area contributed by atoms with Gasteiger partial charge in [0.15, 0.2) is 0 Å². The van der Waals surface area contributed by atoms with Crippen LogP contribution < -0.4 is 5.32 Å². The minimum absolute atomic E-state index is 0.0303. The minimum Gasteiger partial charge on any atom is -0.460 e. The molecule has 0 aromatic rings. The summed E-state index contributed by atoms with van der Waals surface area (Å²) in [5.41, 5.74) is -0.542. The van der Waals surface area contributed by atoms with E-state index in [1.807, 2.05) is 34.6 Å². The van der Waals surface area contributed by atoms with E-state index in [9.17, 15) is 9.59 Å². The van der Waals surface area contributed by atoms with E-state index in [0.717, 1.165) is 17.9 Å². The average molecular weight is 293 g/mol. The van der Waals surface area contributed by atoms with Crippen molar-refractivity contribution in [3.63, 3.8) is 0 Å². The number of fused-ring (bicyclic) bond motifs is 4. The molecular weight excluding hydrogens is 270 g/mol. The smallest absolute Gasteiger partial charge is 0.311 e. The minimum atomic E-state index is -0.542. The molecule has 2 bridgehead atoms. The molecule has 21 heavy (non-hydrogen) atoms. The highest BCUT2D eigenvalue weighted by Gasteiger charge is 2.65. The predicted octanol–water partition coefficient (Wildman–Crippen LogP) is 1.98. The molecule has 116 valence electrons. The first kappa shape index (κ1) is 14.4. The first-order valence-electron chi connectivity index (χ1n) is 7.64. The number of esters is 1. The Labute approximate surface area is 125 Å². The van der Waals surface area contributed by atoms with Crippen molar-refractivity contribution in [1.29, 1.82) is 0 Å². The standard InChI is InChI=1S/C16H23NO4/c1-7(2)17-14(18)10-8-6-9(13-12(8)20-13)11(10)15(19)21-16(3,4)5/h7-11H,6H2,1-5H3,(H,17,18). The maximum absolute atomic E-state index is 12.5. The molecule has 1 saturated carbocycles. The highest BCUT2D eigenvalue weighted by molar-refractivity contribution is 5.88. The summed E-state index contributed by atoms with van der Waals surface area (Å²) in [5.74, 6) is 0.872. The van der Waals surface area contributed by atoms with E-state index >= 15 is 0 Å². The molecule has 3 rings (SSSR count). The summed E-state index contributed by atoms with van der Waals surface area (Å²) in [5, 5.41) is 2.93. The van der Waals surface area contributed by atoms with Crippen LogP contribution >= 0.6 is 0 Å². The van der Waals surface area contributed by atoms with Gasteiger partial charge in [-0.05, 0) is 41.0 Å². The number of nitrogens with one attached hydrogen (secondary N) is 1. The van der Waals surface area contributed by atoms with Gasteiger partial charge in [-0.15, -0.1) is 0 Å². The van der Waals surface area contributed by atoms with Crippen LogP contribution in [0, 0.1) is 23.7 Å². The third kappa shape index (κ3) is 2.43. The third-order valence-corrected chi connectivity index (χ3v) is 4.27. The Morgan fingerprint density at radius 1 is 1.19 bits per heavy atom. The Balaban J connectivity index is 1.82. The number of amides is 1. The van der Waals surface area contributed by atoms with Crippen molar-refractivity contribution in [2.75, 3.05) is 0 Å². The van der Waals surface area contributed by atoms with E-state index in [0.29, 0.717) is 0 Å². The molecule has 3 aliphatic rings. The molecule has 0 radical (unpaired) electrons. The molecule has 1 heterocycles. The van der Waals surface area contributed by atoms with Gasteiger partial charge in [-0.25, -0.2) is 0 Å². The Hall–Kier alpha value is -1.52. The quantitative estimate of drug-likeness (QED) is 0.808. The van der Waals surface area contributed by atoms with Gasteiger partial charge in [-0.1, -0.05) is 0 Å². The number of allylic oxidation sites excluding steroid dienone is 2. The highest BCUT2D eigenvalue weighted by Crippen LogP contribution is 2.63. The van der Waals surface area contributed by atoms with Crippen LogP contribution in [0.3, 0.4) is 0 Å². The van der Waals surface area contributed by atoms with Gasteiger partial charge in [0.2, 0.25) is 5.91 Å². The van der Waals surface area contributed by atoms with Gasteiger partial charge in [0.25, 0.3) is 0 Å². The maximum atomic E-state index is 12.5. The topological polar surface area (TPSA) is 67.9 Å². The lowest BCUT2D eigenvalue weighted by Crippen LogP contribution is -2.44. The van der Waals surface area contributed by atoms with Gasteiger partial charge < -0.3 is 14.8 Å². The zero-order chi connectivity index (χ0) is 15.5. The average Bonchev–Trinajstić information content (AvgIpc) is 2.91. The fourth-order valence-corrected chi connectivity index (χ4v) is 3.62. The molecule has 4 unspecified atom stereocenters. The Morgan fingerprint density at radius 3 is 2.29 bits per heavy atom. The molecule has 0 spiro atoms. The number of hydrogen-bond donors (Lipinski definition) is 1. The highest BCUT2D eigenvalue weighted by atomic mass is 16.6. The molecule has 5 heteroatoms. The summed E-state index contributed by atoms with van der Waals surface area (Å²) in [7, 11) is 0. The fraction of sp³-hybridized carbons (Fsp3) is 0.750. The van der Waals surface area contributed by atoms with Crippen LogP contribution in [0.5, 0.6) is 0 Å². The van der Waals surface area contributed by atoms with Gasteiger partial charge in [-0.2, -0.15) is 0 Å². The van der Waals surface area contributed by atoms with Gasteiger partial charge in [0.1, 0.15) is 17.1 Å². The molecule has 1 N–H and O–H groups in total. The van der Waals surface area contributed by atoms with Crippen LogP contribution in [0.4, 0.5) is 0 Å². The van der Waals surface area contributed by atoms with Crippen LogP contribution in [0.15, 0.2) is 11.5 Å². The first-order valence-corrected chi connectivity index (χ1v) is 7.64. The van der Waals surface area contributed by atoms with Crippen molar-refractivity contribution in [2.24, 2.45) is 23.7 Å². The molecule has 1 fully saturated rings. The molecule has 4 atom stereocenters. The van der Waals surface area contributed by atoms with Gasteiger partial charge in [0.05, 0.1) is 11.8 Å². The van der Waals surface area contributed by atoms with E-state index in [2.05, 4.69) is 5.32 Å². The van der Waals surface area contributed by atoms with Crippen molar-refractivity contribution < 1.29 is 19.1 Å². The van der Waals surface area contributed by atoms with E-state index < -0.39 is 11.5 Å². The fourth-order valence-electron chi connectivity index (χ4n) is 3.62. The van der Waals surface area contributed by atoms with Crippen LogP contribution in [0.1, 0.15) is 41.0 Å². The van der Waals surface area contributed by atoms with Crippen molar-refractivity contribution in [3.05, 3.63) is 11.5 Å². The van der Waals surface area contributed by atoms with Crippen LogP contribution in [-0.2, 0) is 19.1 Å². The van der Waals surface area contributed by atoms with Crippen molar-refractivity contribution in [3.8, 4) is 0 Å². The zero-order valence-corrected chi connectivity index (χ0v) is 13.2. The molecule has 0 aromatic heterocycles. The third-order valence-electron chi connectivity index (χ3n) is 4.27. The maximum Gasteiger partial charge on any atom is 0.311 e. The number of carbonyl (C=O) groups excluding carboxylic acids is 2. The van der Waals surface area contributed by atoms with Crippen LogP contribution in [0.25, 0.3) is 0 Å². The van der Waals surface area contributed by atoms with E-state index in [-0.39, 0.29) is 35.7 Å². The van der Waals surface area contributed by atoms with Crippen molar-refractivity contribution >= 4 is 11.9 Å². The van der Waals surface area contributed by atoms with Crippen molar-refractivity contribution in [1.82, 2.24) is 5.32 Å². The van der Waals surface area contributed by atoms with E-state index in [1.165, 1.54) is 0 Å². The lowest BCUT2D eigenvalue weighted by molar-refractivity contribution is -0.164. The molecular formula is C16H23NO4. The molecule has 5 nitrogen and oxygen atoms in total. The second kappa shape index (κ2) is 4.49. The molecule has 0 saturated heterocycles. The predicted molar refractivity (Wildman–Crippen MR) is 75.8 cm³/mol. The number of ether oxygens (including phenoxy) is 2. The summed E-state index contributed by atoms with van der Waals surface area (Å²) in [6.07, 6.45) is 0.838. The molecule has 1 amide bonds. The molecule has 2 aliphatic carbocycles. The second-order valence-electron chi connectivity index (χ2n) is 7.53. The zero-order valence-electron chi connectivity index (χ0n) is 13.2. The van der Waals surface area contributed by atoms with Gasteiger partial charge >= 0.3 is 5.97 Å². The lowest BCUT2D eigenvalue weighted by atomic mass is 9.82. The monoisotopic (exact) mass is 293 g/mol. The Morgan fingerprint density at radius 2 is 1.76 bits per heavy atom. The SMILES string of the molecule is CC(C)NC(=O)C1C2CC(C3=C2O3)C1C(=O)OC(C)(C)C. The molecule has 1 aliphatic heterocycles. The first-order chi connectivity index (χ1) is 9.69. The second-order valence-corrected chi connectivity index (χ2v) is 7.53. The van der Waals surface area contributed by atoms with Gasteiger partial charge in [0, 0.05) is 17.9 Å². The van der Waals surface area contributed by atoms with E-state index in [4.69, 9.17) is 9.47 Å². The van der Waals surface area contributed by atoms with Crippen LogP contribution in [-0.4, -0.2) is 23.5 Å². The van der Waals surface area contributed by atoms with Crippen LogP contribution in [0.2, 0.25) is 0 Å². The van der Waals surface area contributed by atoms with Crippen molar-refractivity contribution in [2.45, 2.75) is 52.7 Å².